The van der Waals surface area contributed by atoms with Gasteiger partial charge in [-0.3, -0.25) is 15.0 Å². The Bertz CT molecular complexity index is 1560. The first-order chi connectivity index (χ1) is 20.4. The fraction of sp³-hybridized carbons (Fsp3) is 0.370. The summed E-state index contributed by atoms with van der Waals surface area (Å²) in [7, 11) is 1.49. The number of amides is 1. The van der Waals surface area contributed by atoms with Crippen molar-refractivity contribution < 1.29 is 14.3 Å². The van der Waals surface area contributed by atoms with Crippen LogP contribution in [0.3, 0.4) is 0 Å². The number of H-pyrrole nitrogens is 1. The van der Waals surface area contributed by atoms with Crippen molar-refractivity contribution in [2.45, 2.75) is 57.7 Å². The maximum absolute atomic E-state index is 13.2. The lowest BCUT2D eigenvalue weighted by Crippen LogP contribution is -2.45. The van der Waals surface area contributed by atoms with E-state index < -0.39 is 6.09 Å². The average molecular weight is 590 g/mol. The zero-order valence-electron chi connectivity index (χ0n) is 23.2. The molecule has 4 aromatic rings. The molecule has 0 aromatic carbocycles. The van der Waals surface area contributed by atoms with Crippen molar-refractivity contribution in [2.24, 2.45) is 0 Å². The second kappa shape index (κ2) is 12.7. The molecule has 1 amide bonds. The lowest BCUT2D eigenvalue weighted by atomic mass is 9.90. The summed E-state index contributed by atoms with van der Waals surface area (Å²) >= 11 is 6.21. The van der Waals surface area contributed by atoms with E-state index in [9.17, 15) is 10.1 Å². The van der Waals surface area contributed by atoms with Crippen molar-refractivity contribution in [3.05, 3.63) is 47.8 Å². The minimum absolute atomic E-state index is 0.0446. The molecular weight excluding hydrogens is 562 g/mol. The summed E-state index contributed by atoms with van der Waals surface area (Å²) in [5.74, 6) is 0.762. The number of ether oxygens (including phenoxy) is 2. The summed E-state index contributed by atoms with van der Waals surface area (Å²) in [6.07, 6.45) is 11.3. The molecule has 0 atom stereocenters. The number of rotatable bonds is 8. The number of aromatic amines is 1. The molecule has 4 aromatic heterocycles. The van der Waals surface area contributed by atoms with Gasteiger partial charge < -0.3 is 14.8 Å². The van der Waals surface area contributed by atoms with Gasteiger partial charge in [-0.2, -0.15) is 10.4 Å². The van der Waals surface area contributed by atoms with Crippen LogP contribution in [0.25, 0.3) is 22.6 Å². The highest BCUT2D eigenvalue weighted by molar-refractivity contribution is 6.32. The van der Waals surface area contributed by atoms with Crippen LogP contribution in [-0.2, 0) is 4.74 Å². The van der Waals surface area contributed by atoms with E-state index in [1.54, 1.807) is 43.5 Å². The number of halogens is 1. The minimum atomic E-state index is -0.479. The number of nitrogens with one attached hydrogen (secondary N) is 2. The monoisotopic (exact) mass is 589 g/mol. The number of hydrogen-bond acceptors (Lipinski definition) is 12. The molecule has 216 valence electrons. The second-order valence-electron chi connectivity index (χ2n) is 9.82. The van der Waals surface area contributed by atoms with Crippen molar-refractivity contribution >= 4 is 29.5 Å². The largest absolute Gasteiger partial charge is 0.467 e. The summed E-state index contributed by atoms with van der Waals surface area (Å²) in [6, 6.07) is 2.23. The number of nitrogens with zero attached hydrogens (tertiary/aromatic N) is 9. The smallest absolute Gasteiger partial charge is 0.416 e. The summed E-state index contributed by atoms with van der Waals surface area (Å²) in [5.41, 5.74) is 2.23. The van der Waals surface area contributed by atoms with Crippen molar-refractivity contribution in [1.29, 1.82) is 5.26 Å². The highest BCUT2D eigenvalue weighted by Gasteiger charge is 2.33. The SMILES string of the molecule is COc1ncc(-c2cnc(N(C(=O)OC(C)C)[C@H]3CC[C@H](Nc4ncc(C#N)c(-c5n[nH]cc5Cl)n4)CC3)cn2)cn1. The van der Waals surface area contributed by atoms with E-state index in [1.165, 1.54) is 19.5 Å². The number of nitriles is 1. The van der Waals surface area contributed by atoms with Gasteiger partial charge in [0, 0.05) is 36.2 Å². The first kappa shape index (κ1) is 28.6. The molecule has 0 aliphatic heterocycles. The molecule has 0 radical (unpaired) electrons. The van der Waals surface area contributed by atoms with Crippen LogP contribution in [0.15, 0.2) is 37.2 Å². The van der Waals surface area contributed by atoms with Crippen LogP contribution in [-0.4, -0.2) is 71.5 Å². The van der Waals surface area contributed by atoms with E-state index in [0.29, 0.717) is 52.3 Å². The van der Waals surface area contributed by atoms with Gasteiger partial charge in [-0.15, -0.1) is 0 Å². The first-order valence-corrected chi connectivity index (χ1v) is 13.7. The lowest BCUT2D eigenvalue weighted by Gasteiger charge is -2.36. The van der Waals surface area contributed by atoms with Crippen LogP contribution in [0.5, 0.6) is 6.01 Å². The van der Waals surface area contributed by atoms with Gasteiger partial charge in [0.15, 0.2) is 5.82 Å². The Morgan fingerprint density at radius 3 is 2.43 bits per heavy atom. The van der Waals surface area contributed by atoms with Crippen molar-refractivity contribution in [2.75, 3.05) is 17.3 Å². The number of methoxy groups -OCH3 is 1. The van der Waals surface area contributed by atoms with E-state index >= 15 is 0 Å². The summed E-state index contributed by atoms with van der Waals surface area (Å²) in [4.78, 5) is 40.9. The molecule has 0 unspecified atom stereocenters. The van der Waals surface area contributed by atoms with Gasteiger partial charge in [-0.25, -0.2) is 29.7 Å². The van der Waals surface area contributed by atoms with Gasteiger partial charge in [0.25, 0.3) is 0 Å². The first-order valence-electron chi connectivity index (χ1n) is 13.3. The molecule has 0 spiro atoms. The normalized spacial score (nSPS) is 16.5. The Balaban J connectivity index is 1.29. The van der Waals surface area contributed by atoms with Crippen molar-refractivity contribution in [1.82, 2.24) is 40.1 Å². The van der Waals surface area contributed by atoms with Crippen LogP contribution < -0.4 is 15.0 Å². The van der Waals surface area contributed by atoms with Gasteiger partial charge in [-0.05, 0) is 39.5 Å². The maximum Gasteiger partial charge on any atom is 0.416 e. The molecule has 1 fully saturated rings. The van der Waals surface area contributed by atoms with Gasteiger partial charge in [0.2, 0.25) is 5.95 Å². The minimum Gasteiger partial charge on any atom is -0.467 e. The van der Waals surface area contributed by atoms with E-state index in [-0.39, 0.29) is 29.8 Å². The Morgan fingerprint density at radius 1 is 1.07 bits per heavy atom. The summed E-state index contributed by atoms with van der Waals surface area (Å²) < 4.78 is 10.6. The Kier molecular flexibility index (Phi) is 8.68. The molecule has 1 aliphatic carbocycles. The predicted molar refractivity (Wildman–Crippen MR) is 153 cm³/mol. The molecule has 5 rings (SSSR count). The Morgan fingerprint density at radius 2 is 1.83 bits per heavy atom. The molecule has 0 bridgehead atoms. The molecule has 2 N–H and O–H groups in total. The topological polar surface area (TPSA) is 181 Å². The standard InChI is InChI=1S/C27H28ClN11O3/c1-15(2)42-27(40)39(22-14-30-21(13-31-22)17-10-33-26(41-3)34-11-17)19-6-4-18(5-7-19)36-25-32-9-16(8-29)23(37-25)24-20(28)12-35-38-24/h9-15,18-19H,4-7H2,1-3H3,(H,35,38)(H,32,36,37)/t18-,19-. The predicted octanol–water partition coefficient (Wildman–Crippen LogP) is 4.42. The van der Waals surface area contributed by atoms with Crippen molar-refractivity contribution in [3.8, 4) is 34.7 Å². The van der Waals surface area contributed by atoms with E-state index in [1.807, 2.05) is 0 Å². The number of hydrogen-bond donors (Lipinski definition) is 2. The van der Waals surface area contributed by atoms with Gasteiger partial charge in [-0.1, -0.05) is 11.6 Å². The summed E-state index contributed by atoms with van der Waals surface area (Å²) in [5, 5.41) is 20.0. The Labute approximate surface area is 246 Å². The number of aromatic nitrogens is 8. The van der Waals surface area contributed by atoms with Gasteiger partial charge in [0.1, 0.15) is 17.5 Å². The van der Waals surface area contributed by atoms with E-state index in [4.69, 9.17) is 21.1 Å². The third-order valence-electron chi connectivity index (χ3n) is 6.65. The molecule has 42 heavy (non-hydrogen) atoms. The number of carbonyl (C=O) groups excluding carboxylic acids is 1. The average Bonchev–Trinajstić information content (AvgIpc) is 3.43. The quantitative estimate of drug-likeness (QED) is 0.295. The van der Waals surface area contributed by atoms with Crippen molar-refractivity contribution in [3.63, 3.8) is 0 Å². The zero-order valence-corrected chi connectivity index (χ0v) is 23.9. The van der Waals surface area contributed by atoms with Crippen LogP contribution in [0.4, 0.5) is 16.6 Å². The number of carbonyl (C=O) groups is 1. The molecule has 4 heterocycles. The van der Waals surface area contributed by atoms with Crippen LogP contribution in [0.1, 0.15) is 45.1 Å². The molecule has 1 saturated carbocycles. The van der Waals surface area contributed by atoms with Gasteiger partial charge >= 0.3 is 12.1 Å². The fourth-order valence-electron chi connectivity index (χ4n) is 4.65. The van der Waals surface area contributed by atoms with Gasteiger partial charge in [0.05, 0.1) is 48.1 Å². The molecule has 15 heteroatoms. The number of anilines is 2. The Hall–Kier alpha value is -4.90. The van der Waals surface area contributed by atoms with E-state index in [0.717, 1.165) is 12.8 Å². The van der Waals surface area contributed by atoms with E-state index in [2.05, 4.69) is 51.5 Å². The van der Waals surface area contributed by atoms with Crippen LogP contribution >= 0.6 is 11.6 Å². The lowest BCUT2D eigenvalue weighted by molar-refractivity contribution is 0.118. The highest BCUT2D eigenvalue weighted by Crippen LogP contribution is 2.31. The third-order valence-corrected chi connectivity index (χ3v) is 6.94. The molecular formula is C27H28ClN11O3. The zero-order chi connectivity index (χ0) is 29.6. The fourth-order valence-corrected chi connectivity index (χ4v) is 4.83. The molecule has 14 nitrogen and oxygen atoms in total. The molecule has 1 aliphatic rings. The van der Waals surface area contributed by atoms with Crippen LogP contribution in [0, 0.1) is 11.3 Å². The second-order valence-corrected chi connectivity index (χ2v) is 10.2. The summed E-state index contributed by atoms with van der Waals surface area (Å²) in [6.45, 7) is 3.61. The maximum atomic E-state index is 13.2. The third kappa shape index (κ3) is 6.36. The molecule has 0 saturated heterocycles. The van der Waals surface area contributed by atoms with Crippen LogP contribution in [0.2, 0.25) is 5.02 Å². The highest BCUT2D eigenvalue weighted by atomic mass is 35.5.